The number of pyridine rings is 1. The molecule has 0 aliphatic carbocycles. The van der Waals surface area contributed by atoms with Crippen LogP contribution in [0.2, 0.25) is 0 Å². The molecule has 0 aliphatic heterocycles. The monoisotopic (exact) mass is 774 g/mol. The van der Waals surface area contributed by atoms with Crippen molar-refractivity contribution < 1.29 is 49.8 Å². The number of nitrogens with zero attached hydrogens (tertiary/aromatic N) is 3. The Balaban J connectivity index is 0.00000380. The second-order valence-corrected chi connectivity index (χ2v) is 9.10. The van der Waals surface area contributed by atoms with Gasteiger partial charge in [0.15, 0.2) is 0 Å². The maximum Gasteiger partial charge on any atom is 2.00 e. The summed E-state index contributed by atoms with van der Waals surface area (Å²) in [6, 6.07) is 6.15. The first-order valence-corrected chi connectivity index (χ1v) is 12.5. The summed E-state index contributed by atoms with van der Waals surface area (Å²) < 4.78 is 26.0. The number of methoxy groups -OCH3 is 1. The molecule has 0 bridgehead atoms. The summed E-state index contributed by atoms with van der Waals surface area (Å²) in [5.74, 6) is -0.701. The number of anilines is 1. The first kappa shape index (κ1) is 34.1. The van der Waals surface area contributed by atoms with Crippen molar-refractivity contribution in [3.05, 3.63) is 96.8 Å². The average Bonchev–Trinajstić information content (AvgIpc) is 3.34. The van der Waals surface area contributed by atoms with E-state index in [9.17, 15) is 9.18 Å². The number of aryl methyl sites for hydroxylation is 1. The van der Waals surface area contributed by atoms with Crippen LogP contribution in [-0.4, -0.2) is 34.8 Å². The van der Waals surface area contributed by atoms with Crippen molar-refractivity contribution in [1.29, 1.82) is 0 Å². The molecule has 0 spiro atoms. The van der Waals surface area contributed by atoms with Crippen molar-refractivity contribution in [2.24, 2.45) is 0 Å². The van der Waals surface area contributed by atoms with Gasteiger partial charge in [0.05, 0.1) is 18.2 Å². The molecule has 0 saturated carbocycles. The van der Waals surface area contributed by atoms with Crippen LogP contribution in [0.15, 0.2) is 65.4 Å². The number of ether oxygens (including phenoxy) is 2. The van der Waals surface area contributed by atoms with Crippen molar-refractivity contribution >= 4 is 22.4 Å². The number of allylic oxidation sites excluding steroid dienone is 4. The van der Waals surface area contributed by atoms with Gasteiger partial charge in [0.1, 0.15) is 18.2 Å². The summed E-state index contributed by atoms with van der Waals surface area (Å²) in [5.41, 5.74) is 4.45. The van der Waals surface area contributed by atoms with Crippen LogP contribution in [0.1, 0.15) is 43.2 Å². The molecule has 1 amide bonds. The molecule has 3 aromatic rings. The van der Waals surface area contributed by atoms with Crippen LogP contribution in [-0.2, 0) is 0 Å². The predicted molar refractivity (Wildman–Crippen MR) is 152 cm³/mol. The quantitative estimate of drug-likeness (QED) is 0.173. The molecule has 0 unspecified atom stereocenters. The van der Waals surface area contributed by atoms with Gasteiger partial charge in [-0.15, -0.1) is 11.2 Å². The molecule has 0 aliphatic rings. The largest absolute Gasteiger partial charge is 2.00 e. The minimum absolute atomic E-state index is 0. The van der Waals surface area contributed by atoms with Gasteiger partial charge in [-0.05, 0) is 55.4 Å². The molecule has 10 heteroatoms. The molecule has 3 rings (SSSR count). The smallest absolute Gasteiger partial charge is 0.496 e. The molecular weight excluding hydrogens is 741 g/mol. The van der Waals surface area contributed by atoms with E-state index in [1.165, 1.54) is 24.9 Å². The fraction of sp³-hybridized carbons (Fsp3) is 0.241. The summed E-state index contributed by atoms with van der Waals surface area (Å²) in [6.45, 7) is 12.1. The van der Waals surface area contributed by atoms with Crippen molar-refractivity contribution in [2.45, 2.75) is 34.1 Å². The van der Waals surface area contributed by atoms with Gasteiger partial charge in [0, 0.05) is 17.5 Å². The van der Waals surface area contributed by atoms with E-state index in [0.717, 1.165) is 28.9 Å². The Labute approximate surface area is 258 Å². The van der Waals surface area contributed by atoms with Gasteiger partial charge in [-0.3, -0.25) is 15.1 Å². The molecule has 7 nitrogen and oxygen atoms in total. The van der Waals surface area contributed by atoms with Gasteiger partial charge < -0.3 is 16.9 Å². The maximum atomic E-state index is 14.8. The van der Waals surface area contributed by atoms with Crippen LogP contribution in [0, 0.1) is 58.2 Å². The van der Waals surface area contributed by atoms with Crippen molar-refractivity contribution in [3.63, 3.8) is 0 Å². The van der Waals surface area contributed by atoms with Crippen LogP contribution in [0.3, 0.4) is 0 Å². The van der Waals surface area contributed by atoms with E-state index in [1.807, 2.05) is 32.1 Å². The van der Waals surface area contributed by atoms with E-state index in [0.29, 0.717) is 28.8 Å². The third kappa shape index (κ3) is 9.06. The second kappa shape index (κ2) is 16.2. The molecule has 39 heavy (non-hydrogen) atoms. The van der Waals surface area contributed by atoms with Gasteiger partial charge >= 0.3 is 31.1 Å². The number of hydrogen-bond donors (Lipinski definition) is 1. The Morgan fingerprint density at radius 1 is 1.26 bits per heavy atom. The summed E-state index contributed by atoms with van der Waals surface area (Å²) in [5, 5.41) is 11.3. The molecule has 0 radical (unpaired) electrons. The van der Waals surface area contributed by atoms with E-state index in [-0.39, 0.29) is 54.8 Å². The minimum Gasteiger partial charge on any atom is -0.496 e. The number of aromatic nitrogens is 3. The number of benzene rings is 1. The molecular formula is C29H33FN4O3SU. The molecule has 1 N–H and O–H groups in total. The molecule has 0 fully saturated rings. The third-order valence-electron chi connectivity index (χ3n) is 5.68. The van der Waals surface area contributed by atoms with Crippen LogP contribution < -0.4 is 14.8 Å². The van der Waals surface area contributed by atoms with Gasteiger partial charge in [-0.2, -0.15) is 24.6 Å². The molecule has 0 atom stereocenters. The maximum absolute atomic E-state index is 14.8. The molecule has 204 valence electrons. The molecule has 2 aromatic heterocycles. The second-order valence-electron chi connectivity index (χ2n) is 8.16. The number of hydrogen-bond acceptors (Lipinski definition) is 7. The van der Waals surface area contributed by atoms with Crippen molar-refractivity contribution in [3.8, 4) is 22.1 Å². The number of rotatable bonds is 10. The van der Waals surface area contributed by atoms with E-state index in [1.54, 1.807) is 25.1 Å². The van der Waals surface area contributed by atoms with Crippen LogP contribution in [0.4, 0.5) is 9.52 Å². The molecule has 2 heterocycles. The summed E-state index contributed by atoms with van der Waals surface area (Å²) in [6.07, 6.45) is 8.12. The zero-order chi connectivity index (χ0) is 26.9. The number of halogens is 1. The van der Waals surface area contributed by atoms with Gasteiger partial charge in [0.2, 0.25) is 5.13 Å². The zero-order valence-corrected chi connectivity index (χ0v) is 28.1. The number of carbonyl (C=O) groups excluding carboxylic acids is 1. The Kier molecular flexibility index (Phi) is 14.2. The van der Waals surface area contributed by atoms with E-state index < -0.39 is 11.7 Å². The molecule has 0 saturated heterocycles. The Bertz CT molecular complexity index is 1370. The Hall–Kier alpha value is -2.93. The Morgan fingerprint density at radius 2 is 2.00 bits per heavy atom. The topological polar surface area (TPSA) is 86.2 Å². The van der Waals surface area contributed by atoms with Crippen LogP contribution in [0.5, 0.6) is 10.9 Å². The average molecular weight is 775 g/mol. The first-order valence-electron chi connectivity index (χ1n) is 11.7. The standard InChI is InChI=1S/C28H30FN4O3S.CH3.U/c1-7-17(3)12-13-20(18(4)8-2)16-36-28-33-32-27(37-28)31-26(34)22-15-30-19(5)14-21(22)25-23(29)10-9-11-24(25)35-6;;/h7,9-15H,3,8,16H2,1-2,4-6H3,(H,31,32,34);1H3;/q2*-1;+2/b13-12-,17-7-,20-18+;;. The number of carbonyl (C=O) groups is 1. The summed E-state index contributed by atoms with van der Waals surface area (Å²) in [4.78, 5) is 17.4. The Morgan fingerprint density at radius 3 is 2.67 bits per heavy atom. The normalized spacial score (nSPS) is 11.8. The van der Waals surface area contributed by atoms with Crippen LogP contribution >= 0.6 is 11.3 Å². The third-order valence-corrected chi connectivity index (χ3v) is 6.43. The minimum atomic E-state index is -0.508. The van der Waals surface area contributed by atoms with Gasteiger partial charge in [-0.25, -0.2) is 4.39 Å². The predicted octanol–water partition coefficient (Wildman–Crippen LogP) is 7.20. The van der Waals surface area contributed by atoms with Gasteiger partial charge in [-0.1, -0.05) is 30.6 Å². The summed E-state index contributed by atoms with van der Waals surface area (Å²) in [7, 11) is 1.45. The fourth-order valence-electron chi connectivity index (χ4n) is 3.35. The van der Waals surface area contributed by atoms with Crippen molar-refractivity contribution in [2.75, 3.05) is 19.0 Å². The van der Waals surface area contributed by atoms with Crippen molar-refractivity contribution in [1.82, 2.24) is 15.2 Å². The molecule has 1 aromatic carbocycles. The van der Waals surface area contributed by atoms with E-state index in [4.69, 9.17) is 9.47 Å². The van der Waals surface area contributed by atoms with Crippen LogP contribution in [0.25, 0.3) is 11.1 Å². The number of amides is 1. The van der Waals surface area contributed by atoms with Gasteiger partial charge in [0.25, 0.3) is 11.1 Å². The fourth-order valence-corrected chi connectivity index (χ4v) is 3.94. The number of nitrogens with one attached hydrogen (secondary N) is 1. The SMILES string of the molecule is [CH2-]C(/C=C\C(COc1nnc(NC(=O)c2cnc(C)cc2-c2c(F)cccc2OC)s1)=C(\C)CC)=C/C.[CH3-].[U+2]. The summed E-state index contributed by atoms with van der Waals surface area (Å²) >= 11 is 1.10. The van der Waals surface area contributed by atoms with E-state index >= 15 is 0 Å². The van der Waals surface area contributed by atoms with E-state index in [2.05, 4.69) is 34.3 Å². The zero-order valence-electron chi connectivity index (χ0n) is 23.1. The first-order chi connectivity index (χ1) is 17.8.